The molecule has 4 nitrogen and oxygen atoms in total. The Morgan fingerprint density at radius 3 is 2.58 bits per heavy atom. The Morgan fingerprint density at radius 1 is 1.32 bits per heavy atom. The van der Waals surface area contributed by atoms with E-state index in [-0.39, 0.29) is 10.6 Å². The number of nitro benzene ring substituents is 1. The molecule has 1 aromatic heterocycles. The van der Waals surface area contributed by atoms with Crippen LogP contribution in [0.3, 0.4) is 0 Å². The molecule has 1 aromatic carbocycles. The average molecular weight is 276 g/mol. The van der Waals surface area contributed by atoms with Crippen LogP contribution in [0.1, 0.15) is 29.8 Å². The Hall–Kier alpha value is -1.72. The number of nitro groups is 1. The minimum atomic E-state index is -0.377. The van der Waals surface area contributed by atoms with Crippen molar-refractivity contribution in [3.05, 3.63) is 62.3 Å². The summed E-state index contributed by atoms with van der Waals surface area (Å²) >= 11 is 1.75. The van der Waals surface area contributed by atoms with Gasteiger partial charge >= 0.3 is 0 Å². The first-order valence-electron chi connectivity index (χ1n) is 6.21. The molecule has 0 aliphatic rings. The standard InChI is InChI=1S/C14H16N2O2S/c1-2-13(14-4-3-9-19-14)15-10-11-5-7-12(8-6-11)16(17)18/h3-9,13,15H,2,10H2,1H3. The molecule has 0 aliphatic carbocycles. The lowest BCUT2D eigenvalue weighted by Crippen LogP contribution is -2.19. The molecule has 0 radical (unpaired) electrons. The lowest BCUT2D eigenvalue weighted by molar-refractivity contribution is -0.384. The Balaban J connectivity index is 1.96. The average Bonchev–Trinajstić information content (AvgIpc) is 2.94. The fraction of sp³-hybridized carbons (Fsp3) is 0.286. The van der Waals surface area contributed by atoms with Gasteiger partial charge in [-0.3, -0.25) is 10.1 Å². The molecule has 0 fully saturated rings. The maximum atomic E-state index is 10.6. The van der Waals surface area contributed by atoms with Crippen LogP contribution >= 0.6 is 11.3 Å². The van der Waals surface area contributed by atoms with E-state index in [1.165, 1.54) is 4.88 Å². The summed E-state index contributed by atoms with van der Waals surface area (Å²) in [5.41, 5.74) is 1.19. The molecule has 0 aliphatic heterocycles. The monoisotopic (exact) mass is 276 g/mol. The highest BCUT2D eigenvalue weighted by Gasteiger charge is 2.10. The van der Waals surface area contributed by atoms with Crippen molar-refractivity contribution >= 4 is 17.0 Å². The number of rotatable bonds is 6. The van der Waals surface area contributed by atoms with Gasteiger partial charge in [0.25, 0.3) is 5.69 Å². The smallest absolute Gasteiger partial charge is 0.269 e. The van der Waals surface area contributed by atoms with E-state index >= 15 is 0 Å². The summed E-state index contributed by atoms with van der Waals surface area (Å²) in [5.74, 6) is 0. The molecular formula is C14H16N2O2S. The van der Waals surface area contributed by atoms with Gasteiger partial charge < -0.3 is 5.32 Å². The quantitative estimate of drug-likeness (QED) is 0.643. The maximum absolute atomic E-state index is 10.6. The minimum absolute atomic E-state index is 0.133. The Morgan fingerprint density at radius 2 is 2.05 bits per heavy atom. The van der Waals surface area contributed by atoms with E-state index in [1.807, 2.05) is 0 Å². The molecule has 2 aromatic rings. The van der Waals surface area contributed by atoms with Crippen molar-refractivity contribution < 1.29 is 4.92 Å². The van der Waals surface area contributed by atoms with Crippen molar-refractivity contribution in [3.63, 3.8) is 0 Å². The summed E-state index contributed by atoms with van der Waals surface area (Å²) < 4.78 is 0. The fourth-order valence-electron chi connectivity index (χ4n) is 1.91. The number of hydrogen-bond acceptors (Lipinski definition) is 4. The number of nitrogens with zero attached hydrogens (tertiary/aromatic N) is 1. The molecule has 5 heteroatoms. The summed E-state index contributed by atoms with van der Waals surface area (Å²) in [6.07, 6.45) is 1.02. The summed E-state index contributed by atoms with van der Waals surface area (Å²) in [4.78, 5) is 11.5. The second-order valence-electron chi connectivity index (χ2n) is 4.28. The van der Waals surface area contributed by atoms with E-state index in [4.69, 9.17) is 0 Å². The highest BCUT2D eigenvalue weighted by molar-refractivity contribution is 7.10. The van der Waals surface area contributed by atoms with Gasteiger partial charge in [0.2, 0.25) is 0 Å². The van der Waals surface area contributed by atoms with Gasteiger partial charge in [0.05, 0.1) is 4.92 Å². The highest BCUT2D eigenvalue weighted by Crippen LogP contribution is 2.22. The molecule has 0 amide bonds. The summed E-state index contributed by atoms with van der Waals surface area (Å²) in [6.45, 7) is 2.86. The predicted molar refractivity (Wildman–Crippen MR) is 77.3 cm³/mol. The zero-order chi connectivity index (χ0) is 13.7. The van der Waals surface area contributed by atoms with Crippen molar-refractivity contribution in [3.8, 4) is 0 Å². The lowest BCUT2D eigenvalue weighted by Gasteiger charge is -2.15. The first-order chi connectivity index (χ1) is 9.20. The SMILES string of the molecule is CCC(NCc1ccc([N+](=O)[O-])cc1)c1cccs1. The fourth-order valence-corrected chi connectivity index (χ4v) is 2.80. The number of hydrogen-bond donors (Lipinski definition) is 1. The third kappa shape index (κ3) is 3.62. The van der Waals surface area contributed by atoms with Crippen molar-refractivity contribution in [1.29, 1.82) is 0 Å². The van der Waals surface area contributed by atoms with Gasteiger partial charge in [-0.15, -0.1) is 11.3 Å². The van der Waals surface area contributed by atoms with Gasteiger partial charge in [0.15, 0.2) is 0 Å². The molecule has 0 bridgehead atoms. The van der Waals surface area contributed by atoms with Crippen LogP contribution in [0.5, 0.6) is 0 Å². The van der Waals surface area contributed by atoms with Gasteiger partial charge in [-0.1, -0.05) is 25.1 Å². The van der Waals surface area contributed by atoms with E-state index in [2.05, 4.69) is 29.8 Å². The van der Waals surface area contributed by atoms with E-state index in [0.29, 0.717) is 12.6 Å². The molecule has 0 spiro atoms. The second-order valence-corrected chi connectivity index (χ2v) is 5.26. The zero-order valence-electron chi connectivity index (χ0n) is 10.7. The minimum Gasteiger partial charge on any atom is -0.305 e. The second kappa shape index (κ2) is 6.45. The molecule has 1 N–H and O–H groups in total. The highest BCUT2D eigenvalue weighted by atomic mass is 32.1. The largest absolute Gasteiger partial charge is 0.305 e. The van der Waals surface area contributed by atoms with Crippen LogP contribution in [0.15, 0.2) is 41.8 Å². The van der Waals surface area contributed by atoms with E-state index in [1.54, 1.807) is 35.6 Å². The van der Waals surface area contributed by atoms with Gasteiger partial charge in [-0.25, -0.2) is 0 Å². The molecular weight excluding hydrogens is 260 g/mol. The van der Waals surface area contributed by atoms with Crippen molar-refractivity contribution in [1.82, 2.24) is 5.32 Å². The predicted octanol–water partition coefficient (Wildman–Crippen LogP) is 3.90. The van der Waals surface area contributed by atoms with E-state index in [0.717, 1.165) is 12.0 Å². The van der Waals surface area contributed by atoms with Crippen LogP contribution in [-0.2, 0) is 6.54 Å². The van der Waals surface area contributed by atoms with Gasteiger partial charge in [0, 0.05) is 29.6 Å². The van der Waals surface area contributed by atoms with Crippen LogP contribution < -0.4 is 5.32 Å². The van der Waals surface area contributed by atoms with Gasteiger partial charge in [0.1, 0.15) is 0 Å². The molecule has 19 heavy (non-hydrogen) atoms. The molecule has 1 unspecified atom stereocenters. The topological polar surface area (TPSA) is 55.2 Å². The van der Waals surface area contributed by atoms with Crippen LogP contribution in [0, 0.1) is 10.1 Å². The number of benzene rings is 1. The van der Waals surface area contributed by atoms with Gasteiger partial charge in [-0.05, 0) is 23.4 Å². The number of non-ortho nitro benzene ring substituents is 1. The van der Waals surface area contributed by atoms with Gasteiger partial charge in [-0.2, -0.15) is 0 Å². The van der Waals surface area contributed by atoms with Crippen LogP contribution in [0.25, 0.3) is 0 Å². The number of nitrogens with one attached hydrogen (secondary N) is 1. The molecule has 2 rings (SSSR count). The van der Waals surface area contributed by atoms with Crippen LogP contribution in [0.2, 0.25) is 0 Å². The first kappa shape index (κ1) is 13.7. The van der Waals surface area contributed by atoms with Crippen LogP contribution in [0.4, 0.5) is 5.69 Å². The third-order valence-electron chi connectivity index (χ3n) is 2.99. The van der Waals surface area contributed by atoms with E-state index < -0.39 is 0 Å². The first-order valence-corrected chi connectivity index (χ1v) is 7.08. The molecule has 100 valence electrons. The van der Waals surface area contributed by atoms with Crippen LogP contribution in [-0.4, -0.2) is 4.92 Å². The summed E-state index contributed by atoms with van der Waals surface area (Å²) in [6, 6.07) is 11.2. The Bertz CT molecular complexity index is 523. The molecule has 1 heterocycles. The normalized spacial score (nSPS) is 12.3. The van der Waals surface area contributed by atoms with Crippen molar-refractivity contribution in [2.75, 3.05) is 0 Å². The van der Waals surface area contributed by atoms with Crippen molar-refractivity contribution in [2.45, 2.75) is 25.9 Å². The van der Waals surface area contributed by atoms with E-state index in [9.17, 15) is 10.1 Å². The Kier molecular flexibility index (Phi) is 4.65. The molecule has 0 saturated heterocycles. The summed E-state index contributed by atoms with van der Waals surface area (Å²) in [7, 11) is 0. The zero-order valence-corrected chi connectivity index (χ0v) is 11.5. The molecule has 1 atom stereocenters. The Labute approximate surface area is 116 Å². The third-order valence-corrected chi connectivity index (χ3v) is 3.98. The molecule has 0 saturated carbocycles. The summed E-state index contributed by atoms with van der Waals surface area (Å²) in [5, 5.41) is 16.1. The maximum Gasteiger partial charge on any atom is 0.269 e. The lowest BCUT2D eigenvalue weighted by atomic mass is 10.1. The number of thiophene rings is 1. The van der Waals surface area contributed by atoms with Crippen molar-refractivity contribution in [2.24, 2.45) is 0 Å².